The topological polar surface area (TPSA) is 108 Å². The van der Waals surface area contributed by atoms with Crippen LogP contribution >= 0.6 is 0 Å². The Hall–Kier alpha value is -2.55. The molecule has 0 unspecified atom stereocenters. The third kappa shape index (κ3) is 2.68. The number of nitrogens with zero attached hydrogens (tertiary/aromatic N) is 3. The average Bonchev–Trinajstić information content (AvgIpc) is 3.35. The van der Waals surface area contributed by atoms with Gasteiger partial charge in [0.1, 0.15) is 11.2 Å². The van der Waals surface area contributed by atoms with Crippen molar-refractivity contribution in [3.05, 3.63) is 38.4 Å². The van der Waals surface area contributed by atoms with Gasteiger partial charge in [-0.2, -0.15) is 4.68 Å². The Labute approximate surface area is 155 Å². The first kappa shape index (κ1) is 17.8. The summed E-state index contributed by atoms with van der Waals surface area (Å²) in [6.45, 7) is 3.17. The Morgan fingerprint density at radius 3 is 2.56 bits per heavy atom. The molecule has 3 heterocycles. The van der Waals surface area contributed by atoms with Gasteiger partial charge in [-0.1, -0.05) is 0 Å². The van der Waals surface area contributed by atoms with E-state index in [1.165, 1.54) is 7.11 Å². The number of halogens is 1. The van der Waals surface area contributed by atoms with Crippen molar-refractivity contribution in [2.24, 2.45) is 11.7 Å². The molecule has 0 radical (unpaired) electrons. The molecule has 27 heavy (non-hydrogen) atoms. The van der Waals surface area contributed by atoms with Crippen molar-refractivity contribution in [1.82, 2.24) is 9.08 Å². The van der Waals surface area contributed by atoms with Crippen molar-refractivity contribution in [1.29, 1.82) is 0 Å². The van der Waals surface area contributed by atoms with Crippen LogP contribution in [0.1, 0.15) is 37.7 Å². The number of pyridine rings is 1. The predicted octanol–water partition coefficient (Wildman–Crippen LogP) is 0.374. The van der Waals surface area contributed by atoms with Gasteiger partial charge in [-0.05, 0) is 38.0 Å². The number of anilines is 1. The molecule has 2 aromatic rings. The SMILES string of the molecule is COc1c(N2CC[C@@H]([C@H](C)N)C2)c(F)cn2c(=O)n(N)c(=O)c(C3CC3)c12. The Morgan fingerprint density at radius 2 is 2.00 bits per heavy atom. The molecule has 1 aliphatic heterocycles. The van der Waals surface area contributed by atoms with Gasteiger partial charge in [0.25, 0.3) is 5.56 Å². The number of hydrogen-bond acceptors (Lipinski definition) is 6. The van der Waals surface area contributed by atoms with E-state index in [1.54, 1.807) is 0 Å². The minimum absolute atomic E-state index is 0.00130. The van der Waals surface area contributed by atoms with Crippen LogP contribution in [0.4, 0.5) is 10.1 Å². The third-order valence-corrected chi connectivity index (χ3v) is 5.73. The standard InChI is InChI=1S/C18H24FN5O3/c1-9(20)11-5-6-22(7-11)14-12(19)8-23-15(16(14)27-2)13(10-3-4-10)17(25)24(21)18(23)26/h8-11H,3-7,20-21H2,1-2H3/t9-,11+/m0/s1. The van der Waals surface area contributed by atoms with Crippen LogP contribution in [0.25, 0.3) is 5.52 Å². The molecule has 4 N–H and O–H groups in total. The second-order valence-corrected chi connectivity index (χ2v) is 7.58. The third-order valence-electron chi connectivity index (χ3n) is 5.73. The highest BCUT2D eigenvalue weighted by Gasteiger charge is 2.35. The molecule has 0 spiro atoms. The zero-order chi connectivity index (χ0) is 19.5. The van der Waals surface area contributed by atoms with E-state index in [-0.39, 0.29) is 29.3 Å². The van der Waals surface area contributed by atoms with Gasteiger partial charge in [0.2, 0.25) is 0 Å². The summed E-state index contributed by atoms with van der Waals surface area (Å²) in [5, 5.41) is 0. The fraction of sp³-hybridized carbons (Fsp3) is 0.556. The van der Waals surface area contributed by atoms with Gasteiger partial charge in [0.05, 0.1) is 18.9 Å². The zero-order valence-electron chi connectivity index (χ0n) is 15.4. The van der Waals surface area contributed by atoms with Gasteiger partial charge in [-0.25, -0.2) is 9.18 Å². The quantitative estimate of drug-likeness (QED) is 0.746. The summed E-state index contributed by atoms with van der Waals surface area (Å²) in [6, 6.07) is -0.00130. The summed E-state index contributed by atoms with van der Waals surface area (Å²) in [4.78, 5) is 27.0. The lowest BCUT2D eigenvalue weighted by Crippen LogP contribution is -2.44. The lowest BCUT2D eigenvalue weighted by molar-refractivity contribution is 0.412. The largest absolute Gasteiger partial charge is 0.492 e. The monoisotopic (exact) mass is 377 g/mol. The fourth-order valence-electron chi connectivity index (χ4n) is 4.05. The molecule has 4 rings (SSSR count). The number of hydrogen-bond donors (Lipinski definition) is 2. The maximum absolute atomic E-state index is 15.1. The van der Waals surface area contributed by atoms with E-state index in [9.17, 15) is 9.59 Å². The number of aromatic nitrogens is 2. The van der Waals surface area contributed by atoms with Crippen molar-refractivity contribution < 1.29 is 9.13 Å². The molecule has 2 atom stereocenters. The highest BCUT2D eigenvalue weighted by molar-refractivity contribution is 5.78. The van der Waals surface area contributed by atoms with E-state index < -0.39 is 17.1 Å². The molecular weight excluding hydrogens is 353 g/mol. The summed E-state index contributed by atoms with van der Waals surface area (Å²) < 4.78 is 22.3. The second kappa shape index (κ2) is 6.26. The lowest BCUT2D eigenvalue weighted by atomic mass is 10.0. The minimum atomic E-state index is -0.793. The van der Waals surface area contributed by atoms with Crippen LogP contribution in [-0.2, 0) is 0 Å². The molecule has 2 aromatic heterocycles. The highest BCUT2D eigenvalue weighted by atomic mass is 19.1. The molecule has 0 bridgehead atoms. The summed E-state index contributed by atoms with van der Waals surface area (Å²) in [5.74, 6) is 5.51. The van der Waals surface area contributed by atoms with Crippen LogP contribution in [0.2, 0.25) is 0 Å². The molecule has 9 heteroatoms. The Bertz CT molecular complexity index is 1020. The molecule has 0 aromatic carbocycles. The van der Waals surface area contributed by atoms with Crippen LogP contribution in [0.15, 0.2) is 15.8 Å². The van der Waals surface area contributed by atoms with Crippen LogP contribution in [-0.4, -0.2) is 35.3 Å². The first-order chi connectivity index (χ1) is 12.8. The highest BCUT2D eigenvalue weighted by Crippen LogP contribution is 2.45. The van der Waals surface area contributed by atoms with Crippen LogP contribution in [0.5, 0.6) is 5.75 Å². The van der Waals surface area contributed by atoms with Gasteiger partial charge < -0.3 is 21.2 Å². The van der Waals surface area contributed by atoms with Gasteiger partial charge in [0.15, 0.2) is 11.6 Å². The molecule has 8 nitrogen and oxygen atoms in total. The van der Waals surface area contributed by atoms with Crippen molar-refractivity contribution >= 4 is 11.2 Å². The first-order valence-corrected chi connectivity index (χ1v) is 9.18. The van der Waals surface area contributed by atoms with Crippen LogP contribution < -0.4 is 32.5 Å². The van der Waals surface area contributed by atoms with E-state index in [4.69, 9.17) is 16.3 Å². The molecule has 0 amide bonds. The Kier molecular flexibility index (Phi) is 4.14. The second-order valence-electron chi connectivity index (χ2n) is 7.58. The molecular formula is C18H24FN5O3. The van der Waals surface area contributed by atoms with E-state index in [1.807, 2.05) is 11.8 Å². The van der Waals surface area contributed by atoms with Crippen LogP contribution in [0, 0.1) is 11.7 Å². The van der Waals surface area contributed by atoms with Gasteiger partial charge >= 0.3 is 5.69 Å². The van der Waals surface area contributed by atoms with Crippen molar-refractivity contribution in [2.45, 2.75) is 38.1 Å². The van der Waals surface area contributed by atoms with Crippen LogP contribution in [0.3, 0.4) is 0 Å². The first-order valence-electron chi connectivity index (χ1n) is 9.18. The molecule has 1 aliphatic carbocycles. The number of nitrogen functional groups attached to an aromatic ring is 1. The summed E-state index contributed by atoms with van der Waals surface area (Å²) >= 11 is 0. The van der Waals surface area contributed by atoms with E-state index in [2.05, 4.69) is 0 Å². The molecule has 146 valence electrons. The maximum atomic E-state index is 15.1. The van der Waals surface area contributed by atoms with Crippen molar-refractivity contribution in [2.75, 3.05) is 30.9 Å². The maximum Gasteiger partial charge on any atom is 0.354 e. The molecule has 2 fully saturated rings. The Morgan fingerprint density at radius 1 is 1.30 bits per heavy atom. The number of fused-ring (bicyclic) bond motifs is 1. The van der Waals surface area contributed by atoms with E-state index in [0.29, 0.717) is 28.8 Å². The van der Waals surface area contributed by atoms with Crippen molar-refractivity contribution in [3.8, 4) is 5.75 Å². The Balaban J connectivity index is 2.01. The molecule has 1 saturated heterocycles. The minimum Gasteiger partial charge on any atom is -0.492 e. The summed E-state index contributed by atoms with van der Waals surface area (Å²) in [6.07, 6.45) is 3.60. The summed E-state index contributed by atoms with van der Waals surface area (Å²) in [7, 11) is 1.42. The normalized spacial score (nSPS) is 21.0. The van der Waals surface area contributed by atoms with Gasteiger partial charge in [-0.15, -0.1) is 0 Å². The smallest absolute Gasteiger partial charge is 0.354 e. The van der Waals surface area contributed by atoms with Crippen molar-refractivity contribution in [3.63, 3.8) is 0 Å². The fourth-order valence-corrected chi connectivity index (χ4v) is 4.05. The predicted molar refractivity (Wildman–Crippen MR) is 101 cm³/mol. The molecule has 1 saturated carbocycles. The van der Waals surface area contributed by atoms with Gasteiger partial charge in [-0.3, -0.25) is 9.20 Å². The number of nitrogens with two attached hydrogens (primary N) is 2. The van der Waals surface area contributed by atoms with E-state index >= 15 is 4.39 Å². The van der Waals surface area contributed by atoms with Gasteiger partial charge in [0, 0.05) is 19.1 Å². The number of ether oxygens (including phenoxy) is 1. The number of methoxy groups -OCH3 is 1. The summed E-state index contributed by atoms with van der Waals surface area (Å²) in [5.41, 5.74) is 5.68. The van der Waals surface area contributed by atoms with E-state index in [0.717, 1.165) is 29.9 Å². The lowest BCUT2D eigenvalue weighted by Gasteiger charge is -2.24. The molecule has 2 aliphatic rings. The zero-order valence-corrected chi connectivity index (χ0v) is 15.4. The number of rotatable bonds is 4. The average molecular weight is 377 g/mol.